The van der Waals surface area contributed by atoms with Crippen molar-refractivity contribution in [3.8, 4) is 0 Å². The van der Waals surface area contributed by atoms with Crippen molar-refractivity contribution in [3.05, 3.63) is 0 Å². The van der Waals surface area contributed by atoms with Crippen molar-refractivity contribution in [2.24, 2.45) is 0 Å². The molecule has 56 valence electrons. The molecule has 2 radical (unpaired) electrons. The van der Waals surface area contributed by atoms with Gasteiger partial charge in [0.1, 0.15) is 0 Å². The van der Waals surface area contributed by atoms with E-state index in [1.54, 1.807) is 0 Å². The summed E-state index contributed by atoms with van der Waals surface area (Å²) >= 11 is 0. The van der Waals surface area contributed by atoms with Gasteiger partial charge >= 0.3 is 0 Å². The summed E-state index contributed by atoms with van der Waals surface area (Å²) in [5.41, 5.74) is 0. The van der Waals surface area contributed by atoms with Gasteiger partial charge in [0, 0.05) is 88.8 Å². The van der Waals surface area contributed by atoms with Crippen LogP contribution in [0, 0.1) is 0 Å². The maximum absolute atomic E-state index is 0. The maximum atomic E-state index is 0. The molecule has 7 heteroatoms. The zero-order chi connectivity index (χ0) is 0. The van der Waals surface area contributed by atoms with E-state index < -0.39 is 0 Å². The van der Waals surface area contributed by atoms with Crippen LogP contribution in [0.2, 0.25) is 0 Å². The number of rotatable bonds is 0. The van der Waals surface area contributed by atoms with E-state index >= 15 is 0 Å². The first kappa shape index (κ1) is 89.3. The van der Waals surface area contributed by atoms with E-state index in [0.717, 1.165) is 0 Å². The van der Waals surface area contributed by atoms with Crippen molar-refractivity contribution >= 4 is 19.4 Å². The van der Waals surface area contributed by atoms with Gasteiger partial charge in [-0.3, -0.25) is 0 Å². The maximum Gasteiger partial charge on any atom is 0.0814 e. The first-order valence-corrected chi connectivity index (χ1v) is 0. The van der Waals surface area contributed by atoms with Gasteiger partial charge in [-0.25, -0.2) is 0 Å². The van der Waals surface area contributed by atoms with Gasteiger partial charge < -0.3 is 0 Å². The fraction of sp³-hybridized carbons (Fsp3) is 0. The van der Waals surface area contributed by atoms with Crippen molar-refractivity contribution in [1.82, 2.24) is 0 Å². The Kier molecular flexibility index (Phi) is 811. The summed E-state index contributed by atoms with van der Waals surface area (Å²) in [4.78, 5) is 0. The molecule has 0 aromatic rings. The standard InChI is InChI=1S/BH3.Co.Cr.Cu.Mo.Ni.H4Si/h1H3;;;;;;1H4. The third-order valence-electron chi connectivity index (χ3n) is 0. The van der Waals surface area contributed by atoms with Crippen LogP contribution in [0.1, 0.15) is 0 Å². The molecule has 7 heavy (non-hydrogen) atoms. The Balaban J connectivity index is 0. The van der Waals surface area contributed by atoms with E-state index in [9.17, 15) is 0 Å². The van der Waals surface area contributed by atoms with E-state index in [-0.39, 0.29) is 108 Å². The largest absolute Gasteiger partial charge is 0.0814 e. The average molecular weight is 375 g/mol. The predicted octanol–water partition coefficient (Wildman–Crippen LogP) is -2.65. The van der Waals surface area contributed by atoms with Gasteiger partial charge in [-0.1, -0.05) is 0 Å². The van der Waals surface area contributed by atoms with E-state index in [1.807, 2.05) is 0 Å². The summed E-state index contributed by atoms with van der Waals surface area (Å²) < 4.78 is 0. The van der Waals surface area contributed by atoms with Crippen LogP contribution in [0.15, 0.2) is 0 Å². The molecule has 0 aromatic carbocycles. The Hall–Kier alpha value is 3.02. The Morgan fingerprint density at radius 1 is 1.00 bits per heavy atom. The smallest absolute Gasteiger partial charge is 0.0149 e. The topological polar surface area (TPSA) is 0 Å². The number of hydrogen-bond donors (Lipinski definition) is 0. The molecule has 0 unspecified atom stereocenters. The molecule has 0 saturated heterocycles. The minimum Gasteiger partial charge on any atom is -0.0149 e. The van der Waals surface area contributed by atoms with Crippen LogP contribution in [0.4, 0.5) is 0 Å². The fourth-order valence-corrected chi connectivity index (χ4v) is 0. The first-order valence-electron chi connectivity index (χ1n) is 0. The van der Waals surface area contributed by atoms with Crippen LogP contribution in [0.25, 0.3) is 0 Å². The second kappa shape index (κ2) is 63.6. The molecule has 0 aliphatic carbocycles. The second-order valence-electron chi connectivity index (χ2n) is 0. The molecule has 0 nitrogen and oxygen atoms in total. The summed E-state index contributed by atoms with van der Waals surface area (Å²) in [6, 6.07) is 0. The minimum atomic E-state index is 0. The van der Waals surface area contributed by atoms with E-state index in [1.165, 1.54) is 0 Å². The van der Waals surface area contributed by atoms with E-state index in [2.05, 4.69) is 0 Å². The summed E-state index contributed by atoms with van der Waals surface area (Å²) in [6.07, 6.45) is 0. The van der Waals surface area contributed by atoms with Gasteiger partial charge in [-0.2, -0.15) is 0 Å². The van der Waals surface area contributed by atoms with E-state index in [4.69, 9.17) is 0 Å². The molecule has 0 saturated carbocycles. The van der Waals surface area contributed by atoms with Crippen LogP contribution in [-0.2, 0) is 88.8 Å². The molecule has 0 amide bonds. The summed E-state index contributed by atoms with van der Waals surface area (Å²) in [6.45, 7) is 0. The molecule has 0 aliphatic rings. The van der Waals surface area contributed by atoms with Crippen LogP contribution < -0.4 is 0 Å². The molecule has 0 heterocycles. The SMILES string of the molecule is B.[Co].[Cr].[Cu].[Mo].[Ni].[SiH4]. The van der Waals surface area contributed by atoms with Gasteiger partial charge in [0.25, 0.3) is 0 Å². The monoisotopic (exact) mass is 376 g/mol. The Morgan fingerprint density at radius 3 is 1.00 bits per heavy atom. The molecule has 0 N–H and O–H groups in total. The predicted molar refractivity (Wildman–Crippen MR) is 21.3 cm³/mol. The van der Waals surface area contributed by atoms with E-state index in [0.29, 0.717) is 0 Å². The normalized spacial score (nSPS) is 0. The summed E-state index contributed by atoms with van der Waals surface area (Å²) in [5.74, 6) is 0. The van der Waals surface area contributed by atoms with Crippen LogP contribution in [-0.4, -0.2) is 19.4 Å². The zero-order valence-corrected chi connectivity index (χ0v) is 8.02. The molecule has 0 aliphatic heterocycles. The Bertz CT molecular complexity index is 19.7. The molecule has 0 bridgehead atoms. The molecular weight excluding hydrogens is 368 g/mol. The van der Waals surface area contributed by atoms with Crippen LogP contribution in [0.3, 0.4) is 0 Å². The van der Waals surface area contributed by atoms with Gasteiger partial charge in [0.05, 0.1) is 8.41 Å². The molecular formula is H7BCoCrCuMoNiSi. The Morgan fingerprint density at radius 2 is 1.00 bits per heavy atom. The molecule has 0 aromatic heterocycles. The average Bonchev–Trinajstić information content (AvgIpc) is 0. The van der Waals surface area contributed by atoms with Gasteiger partial charge in [-0.05, 0) is 11.0 Å². The van der Waals surface area contributed by atoms with Crippen molar-refractivity contribution in [2.75, 3.05) is 0 Å². The van der Waals surface area contributed by atoms with Crippen LogP contribution in [0.5, 0.6) is 0 Å². The fourth-order valence-electron chi connectivity index (χ4n) is 0. The van der Waals surface area contributed by atoms with Crippen LogP contribution >= 0.6 is 0 Å². The molecule has 0 spiro atoms. The third-order valence-corrected chi connectivity index (χ3v) is 0. The van der Waals surface area contributed by atoms with Crippen molar-refractivity contribution in [3.63, 3.8) is 0 Å². The quantitative estimate of drug-likeness (QED) is 0.406. The summed E-state index contributed by atoms with van der Waals surface area (Å²) in [5, 5.41) is 0. The third kappa shape index (κ3) is 48.7. The second-order valence-corrected chi connectivity index (χ2v) is 0. The number of hydrogen-bond acceptors (Lipinski definition) is 0. The van der Waals surface area contributed by atoms with Crippen molar-refractivity contribution in [1.29, 1.82) is 0 Å². The van der Waals surface area contributed by atoms with Crippen molar-refractivity contribution in [2.45, 2.75) is 0 Å². The van der Waals surface area contributed by atoms with Gasteiger partial charge in [-0.15, -0.1) is 0 Å². The Labute approximate surface area is 107 Å². The van der Waals surface area contributed by atoms with Crippen molar-refractivity contribution < 1.29 is 88.8 Å². The molecule has 0 rings (SSSR count). The molecule has 0 fully saturated rings. The zero-order valence-electron chi connectivity index (χ0n) is 1.77. The van der Waals surface area contributed by atoms with Gasteiger partial charge in [0.2, 0.25) is 0 Å². The molecule has 0 atom stereocenters. The van der Waals surface area contributed by atoms with Gasteiger partial charge in [0.15, 0.2) is 0 Å². The summed E-state index contributed by atoms with van der Waals surface area (Å²) in [7, 11) is 0. The minimum absolute atomic E-state index is 0. The first-order chi connectivity index (χ1) is 0.